The second-order valence-corrected chi connectivity index (χ2v) is 5.15. The number of benzene rings is 1. The monoisotopic (exact) mass is 284 g/mol. The number of halogens is 1. The van der Waals surface area contributed by atoms with E-state index in [1.54, 1.807) is 0 Å². The molecule has 0 aliphatic carbocycles. The minimum Gasteiger partial charge on any atom is -0.398 e. The Balaban J connectivity index is 2.07. The zero-order chi connectivity index (χ0) is 11.5. The van der Waals surface area contributed by atoms with Gasteiger partial charge in [-0.15, -0.1) is 0 Å². The third-order valence-electron chi connectivity index (χ3n) is 2.99. The van der Waals surface area contributed by atoms with E-state index in [9.17, 15) is 0 Å². The van der Waals surface area contributed by atoms with E-state index < -0.39 is 0 Å². The van der Waals surface area contributed by atoms with Crippen molar-refractivity contribution >= 4 is 21.6 Å². The number of nitrogens with zero attached hydrogens (tertiary/aromatic N) is 1. The largest absolute Gasteiger partial charge is 0.398 e. The Kier molecular flexibility index (Phi) is 3.84. The van der Waals surface area contributed by atoms with E-state index in [1.807, 2.05) is 12.1 Å². The number of nitrogens with two attached hydrogens (primary N) is 1. The number of nitrogen functional groups attached to an aromatic ring is 1. The Morgan fingerprint density at radius 3 is 3.06 bits per heavy atom. The fourth-order valence-electron chi connectivity index (χ4n) is 1.92. The summed E-state index contributed by atoms with van der Waals surface area (Å²) in [6.07, 6.45) is 0. The summed E-state index contributed by atoms with van der Waals surface area (Å²) in [7, 11) is 0. The van der Waals surface area contributed by atoms with Crippen molar-refractivity contribution in [2.45, 2.75) is 19.5 Å². The average molecular weight is 285 g/mol. The third-order valence-corrected chi connectivity index (χ3v) is 3.48. The first kappa shape index (κ1) is 11.9. The van der Waals surface area contributed by atoms with Crippen LogP contribution < -0.4 is 5.73 Å². The minimum absolute atomic E-state index is 0.469. The maximum atomic E-state index is 6.00. The van der Waals surface area contributed by atoms with Gasteiger partial charge in [0.15, 0.2) is 0 Å². The summed E-state index contributed by atoms with van der Waals surface area (Å²) in [5, 5.41) is 0. The Morgan fingerprint density at radius 1 is 1.56 bits per heavy atom. The molecule has 1 unspecified atom stereocenters. The Hall–Kier alpha value is -0.580. The van der Waals surface area contributed by atoms with E-state index in [0.29, 0.717) is 6.04 Å². The molecule has 1 atom stereocenters. The first-order valence-corrected chi connectivity index (χ1v) is 6.32. The lowest BCUT2D eigenvalue weighted by Gasteiger charge is -2.33. The van der Waals surface area contributed by atoms with E-state index >= 15 is 0 Å². The van der Waals surface area contributed by atoms with Gasteiger partial charge in [-0.05, 0) is 24.6 Å². The molecule has 2 N–H and O–H groups in total. The van der Waals surface area contributed by atoms with Crippen molar-refractivity contribution in [2.24, 2.45) is 0 Å². The summed E-state index contributed by atoms with van der Waals surface area (Å²) in [5.41, 5.74) is 8.04. The predicted octanol–water partition coefficient (Wildman–Crippen LogP) is 2.25. The van der Waals surface area contributed by atoms with Crippen LogP contribution in [0.15, 0.2) is 22.7 Å². The molecule has 16 heavy (non-hydrogen) atoms. The quantitative estimate of drug-likeness (QED) is 0.847. The van der Waals surface area contributed by atoms with Gasteiger partial charge in [0.2, 0.25) is 0 Å². The van der Waals surface area contributed by atoms with E-state index in [4.69, 9.17) is 10.5 Å². The molecule has 0 amide bonds. The molecule has 3 nitrogen and oxygen atoms in total. The molecule has 4 heteroatoms. The highest BCUT2D eigenvalue weighted by atomic mass is 79.9. The molecule has 1 aliphatic heterocycles. The van der Waals surface area contributed by atoms with Gasteiger partial charge in [-0.3, -0.25) is 4.90 Å². The van der Waals surface area contributed by atoms with Gasteiger partial charge in [0.25, 0.3) is 0 Å². The van der Waals surface area contributed by atoms with Crippen LogP contribution in [0.1, 0.15) is 12.5 Å². The van der Waals surface area contributed by atoms with Crippen molar-refractivity contribution in [3.05, 3.63) is 28.2 Å². The maximum absolute atomic E-state index is 6.00. The second kappa shape index (κ2) is 5.17. The van der Waals surface area contributed by atoms with Crippen LogP contribution in [0.3, 0.4) is 0 Å². The fourth-order valence-corrected chi connectivity index (χ4v) is 2.30. The molecule has 1 heterocycles. The van der Waals surface area contributed by atoms with Crippen LogP contribution in [0.2, 0.25) is 0 Å². The lowest BCUT2D eigenvalue weighted by Crippen LogP contribution is -2.43. The van der Waals surface area contributed by atoms with Crippen molar-refractivity contribution in [1.82, 2.24) is 4.90 Å². The maximum Gasteiger partial charge on any atom is 0.0619 e. The predicted molar refractivity (Wildman–Crippen MR) is 69.2 cm³/mol. The summed E-state index contributed by atoms with van der Waals surface area (Å²) in [6, 6.07) is 6.55. The van der Waals surface area contributed by atoms with Gasteiger partial charge in [-0.1, -0.05) is 22.0 Å². The van der Waals surface area contributed by atoms with Crippen molar-refractivity contribution in [3.8, 4) is 0 Å². The molecule has 0 spiro atoms. The molecule has 2 rings (SSSR count). The minimum atomic E-state index is 0.469. The summed E-state index contributed by atoms with van der Waals surface area (Å²) in [6.45, 7) is 5.71. The van der Waals surface area contributed by atoms with Crippen LogP contribution in [-0.2, 0) is 11.3 Å². The molecular formula is C12H17BrN2O. The van der Waals surface area contributed by atoms with E-state index in [0.717, 1.165) is 36.5 Å². The van der Waals surface area contributed by atoms with Gasteiger partial charge in [0.1, 0.15) is 0 Å². The van der Waals surface area contributed by atoms with Crippen LogP contribution >= 0.6 is 15.9 Å². The number of morpholine rings is 1. The first-order valence-electron chi connectivity index (χ1n) is 5.52. The van der Waals surface area contributed by atoms with Gasteiger partial charge in [0.05, 0.1) is 13.2 Å². The Labute approximate surface area is 105 Å². The highest BCUT2D eigenvalue weighted by Crippen LogP contribution is 2.21. The van der Waals surface area contributed by atoms with Gasteiger partial charge in [-0.25, -0.2) is 0 Å². The van der Waals surface area contributed by atoms with Crippen LogP contribution in [0.25, 0.3) is 0 Å². The van der Waals surface area contributed by atoms with E-state index in [2.05, 4.69) is 33.8 Å². The molecule has 1 aromatic rings. The van der Waals surface area contributed by atoms with Crippen molar-refractivity contribution in [3.63, 3.8) is 0 Å². The van der Waals surface area contributed by atoms with Crippen LogP contribution in [0.5, 0.6) is 0 Å². The summed E-state index contributed by atoms with van der Waals surface area (Å²) < 4.78 is 6.45. The highest BCUT2D eigenvalue weighted by Gasteiger charge is 2.19. The lowest BCUT2D eigenvalue weighted by molar-refractivity contribution is -0.00427. The van der Waals surface area contributed by atoms with Gasteiger partial charge < -0.3 is 10.5 Å². The average Bonchev–Trinajstić information content (AvgIpc) is 2.25. The molecule has 1 aliphatic rings. The topological polar surface area (TPSA) is 38.5 Å². The Morgan fingerprint density at radius 2 is 2.38 bits per heavy atom. The Bertz CT molecular complexity index is 370. The van der Waals surface area contributed by atoms with Crippen molar-refractivity contribution in [2.75, 3.05) is 25.5 Å². The molecule has 0 radical (unpaired) electrons. The standard InChI is InChI=1S/C12H17BrN2O/c1-9-8-16-5-4-15(9)7-10-2-3-11(13)6-12(10)14/h2-3,6,9H,4-5,7-8,14H2,1H3. The molecule has 1 fully saturated rings. The van der Waals surface area contributed by atoms with E-state index in [-0.39, 0.29) is 0 Å². The smallest absolute Gasteiger partial charge is 0.0619 e. The second-order valence-electron chi connectivity index (χ2n) is 4.24. The van der Waals surface area contributed by atoms with Crippen LogP contribution in [0.4, 0.5) is 5.69 Å². The number of anilines is 1. The molecule has 0 aromatic heterocycles. The normalized spacial score (nSPS) is 22.2. The number of hydrogen-bond acceptors (Lipinski definition) is 3. The van der Waals surface area contributed by atoms with E-state index in [1.165, 1.54) is 5.56 Å². The molecular weight excluding hydrogens is 268 g/mol. The molecule has 88 valence electrons. The summed E-state index contributed by atoms with van der Waals surface area (Å²) >= 11 is 3.42. The number of rotatable bonds is 2. The number of hydrogen-bond donors (Lipinski definition) is 1. The zero-order valence-corrected chi connectivity index (χ0v) is 11.0. The first-order chi connectivity index (χ1) is 7.66. The summed E-state index contributed by atoms with van der Waals surface area (Å²) in [5.74, 6) is 0. The zero-order valence-electron chi connectivity index (χ0n) is 9.45. The van der Waals surface area contributed by atoms with Crippen LogP contribution in [-0.4, -0.2) is 30.7 Å². The molecule has 0 saturated carbocycles. The molecule has 1 aromatic carbocycles. The molecule has 1 saturated heterocycles. The lowest BCUT2D eigenvalue weighted by atomic mass is 10.1. The highest BCUT2D eigenvalue weighted by molar-refractivity contribution is 9.10. The van der Waals surface area contributed by atoms with Gasteiger partial charge >= 0.3 is 0 Å². The van der Waals surface area contributed by atoms with Crippen molar-refractivity contribution < 1.29 is 4.74 Å². The van der Waals surface area contributed by atoms with Crippen LogP contribution in [0, 0.1) is 0 Å². The van der Waals surface area contributed by atoms with Gasteiger partial charge in [0, 0.05) is 29.3 Å². The number of ether oxygens (including phenoxy) is 1. The third kappa shape index (κ3) is 2.75. The summed E-state index contributed by atoms with van der Waals surface area (Å²) in [4.78, 5) is 2.41. The SMILES string of the molecule is CC1COCCN1Cc1ccc(Br)cc1N. The molecule has 0 bridgehead atoms. The fraction of sp³-hybridized carbons (Fsp3) is 0.500. The van der Waals surface area contributed by atoms with Gasteiger partial charge in [-0.2, -0.15) is 0 Å². The van der Waals surface area contributed by atoms with Crippen molar-refractivity contribution in [1.29, 1.82) is 0 Å².